The first kappa shape index (κ1) is 22.8. The van der Waals surface area contributed by atoms with Gasteiger partial charge in [0.25, 0.3) is 0 Å². The van der Waals surface area contributed by atoms with Crippen molar-refractivity contribution in [3.63, 3.8) is 0 Å². The van der Waals surface area contributed by atoms with Gasteiger partial charge in [-0.2, -0.15) is 0 Å². The van der Waals surface area contributed by atoms with E-state index in [4.69, 9.17) is 0 Å². The van der Waals surface area contributed by atoms with Crippen LogP contribution in [0.25, 0.3) is 0 Å². The van der Waals surface area contributed by atoms with Gasteiger partial charge < -0.3 is 4.90 Å². The Morgan fingerprint density at radius 2 is 1.33 bits per heavy atom. The number of amides is 1. The van der Waals surface area contributed by atoms with Gasteiger partial charge in [0.2, 0.25) is 5.91 Å². The minimum Gasteiger partial charge on any atom is -0.328 e. The summed E-state index contributed by atoms with van der Waals surface area (Å²) in [5.41, 5.74) is 3.68. The molecule has 33 heavy (non-hydrogen) atoms. The SMILES string of the molecule is C=CC[C@H](/C=C\[C@@H](C)c1ccccc1)C(=O)N1[C@H](c2ccccc2)CC[C@H]1c1ccccc1. The third kappa shape index (κ3) is 5.34. The lowest BCUT2D eigenvalue weighted by Crippen LogP contribution is -2.37. The fourth-order valence-corrected chi connectivity index (χ4v) is 4.92. The summed E-state index contributed by atoms with van der Waals surface area (Å²) in [5.74, 6) is 0.218. The van der Waals surface area contributed by atoms with Crippen LogP contribution in [0.5, 0.6) is 0 Å². The fraction of sp³-hybridized carbons (Fsp3) is 0.258. The predicted molar refractivity (Wildman–Crippen MR) is 137 cm³/mol. The Morgan fingerprint density at radius 3 is 1.82 bits per heavy atom. The number of carbonyl (C=O) groups excluding carboxylic acids is 1. The second kappa shape index (κ2) is 11.0. The Kier molecular flexibility index (Phi) is 7.57. The van der Waals surface area contributed by atoms with E-state index in [2.05, 4.69) is 103 Å². The number of likely N-dealkylation sites (tertiary alicyclic amines) is 1. The zero-order valence-electron chi connectivity index (χ0n) is 19.4. The van der Waals surface area contributed by atoms with E-state index < -0.39 is 0 Å². The Hall–Kier alpha value is -3.39. The van der Waals surface area contributed by atoms with Crippen LogP contribution in [-0.2, 0) is 4.79 Å². The van der Waals surface area contributed by atoms with Crippen LogP contribution in [0.3, 0.4) is 0 Å². The van der Waals surface area contributed by atoms with Crippen molar-refractivity contribution < 1.29 is 4.79 Å². The zero-order valence-corrected chi connectivity index (χ0v) is 19.4. The van der Waals surface area contributed by atoms with Gasteiger partial charge in [0.1, 0.15) is 0 Å². The topological polar surface area (TPSA) is 20.3 Å². The molecule has 1 aliphatic rings. The van der Waals surface area contributed by atoms with Gasteiger partial charge in [-0.15, -0.1) is 6.58 Å². The highest BCUT2D eigenvalue weighted by Crippen LogP contribution is 2.45. The van der Waals surface area contributed by atoms with Crippen molar-refractivity contribution >= 4 is 5.91 Å². The highest BCUT2D eigenvalue weighted by molar-refractivity contribution is 5.82. The first-order chi connectivity index (χ1) is 16.2. The molecule has 0 radical (unpaired) electrons. The average Bonchev–Trinajstić information content (AvgIpc) is 3.33. The van der Waals surface area contributed by atoms with E-state index in [1.165, 1.54) is 16.7 Å². The summed E-state index contributed by atoms with van der Waals surface area (Å²) < 4.78 is 0. The number of carbonyl (C=O) groups is 1. The van der Waals surface area contributed by atoms with E-state index in [9.17, 15) is 4.79 Å². The number of hydrogen-bond acceptors (Lipinski definition) is 1. The molecule has 168 valence electrons. The highest BCUT2D eigenvalue weighted by Gasteiger charge is 2.40. The molecule has 0 spiro atoms. The van der Waals surface area contributed by atoms with Crippen molar-refractivity contribution in [2.45, 2.75) is 44.2 Å². The van der Waals surface area contributed by atoms with Crippen LogP contribution < -0.4 is 0 Å². The maximum absolute atomic E-state index is 14.1. The molecule has 2 heteroatoms. The van der Waals surface area contributed by atoms with Crippen molar-refractivity contribution in [2.24, 2.45) is 5.92 Å². The summed E-state index contributed by atoms with van der Waals surface area (Å²) >= 11 is 0. The van der Waals surface area contributed by atoms with Crippen molar-refractivity contribution in [1.82, 2.24) is 4.90 Å². The first-order valence-electron chi connectivity index (χ1n) is 11.9. The van der Waals surface area contributed by atoms with E-state index >= 15 is 0 Å². The van der Waals surface area contributed by atoms with Crippen LogP contribution in [0.15, 0.2) is 116 Å². The molecule has 3 aromatic carbocycles. The van der Waals surface area contributed by atoms with Crippen LogP contribution in [0.1, 0.15) is 60.9 Å². The lowest BCUT2D eigenvalue weighted by Gasteiger charge is -2.33. The third-order valence-corrected chi connectivity index (χ3v) is 6.70. The van der Waals surface area contributed by atoms with Crippen molar-refractivity contribution in [3.8, 4) is 0 Å². The average molecular weight is 436 g/mol. The summed E-state index contributed by atoms with van der Waals surface area (Å²) in [4.78, 5) is 16.2. The number of benzene rings is 3. The molecule has 0 aliphatic carbocycles. The van der Waals surface area contributed by atoms with Crippen LogP contribution in [0.2, 0.25) is 0 Å². The van der Waals surface area contributed by atoms with Gasteiger partial charge in [-0.25, -0.2) is 0 Å². The second-order valence-electron chi connectivity index (χ2n) is 8.89. The molecule has 0 N–H and O–H groups in total. The quantitative estimate of drug-likeness (QED) is 0.333. The predicted octanol–water partition coefficient (Wildman–Crippen LogP) is 7.64. The minimum atomic E-state index is -0.218. The van der Waals surface area contributed by atoms with Crippen molar-refractivity contribution in [1.29, 1.82) is 0 Å². The summed E-state index contributed by atoms with van der Waals surface area (Å²) in [6.45, 7) is 6.12. The molecule has 0 aromatic heterocycles. The summed E-state index contributed by atoms with van der Waals surface area (Å²) in [6.07, 6.45) is 8.72. The molecule has 1 fully saturated rings. The van der Waals surface area contributed by atoms with Crippen LogP contribution in [-0.4, -0.2) is 10.8 Å². The Balaban J connectivity index is 1.64. The molecule has 4 atom stereocenters. The summed E-state index contributed by atoms with van der Waals surface area (Å²) in [6, 6.07) is 31.5. The maximum Gasteiger partial charge on any atom is 0.230 e. The van der Waals surface area contributed by atoms with E-state index in [0.29, 0.717) is 6.42 Å². The Morgan fingerprint density at radius 1 is 0.848 bits per heavy atom. The fourth-order valence-electron chi connectivity index (χ4n) is 4.92. The van der Waals surface area contributed by atoms with Crippen LogP contribution in [0.4, 0.5) is 0 Å². The molecule has 0 bridgehead atoms. The van der Waals surface area contributed by atoms with E-state index in [0.717, 1.165) is 12.8 Å². The number of nitrogens with zero attached hydrogens (tertiary/aromatic N) is 1. The lowest BCUT2D eigenvalue weighted by atomic mass is 9.95. The van der Waals surface area contributed by atoms with Crippen molar-refractivity contribution in [2.75, 3.05) is 0 Å². The highest BCUT2D eigenvalue weighted by atomic mass is 16.2. The van der Waals surface area contributed by atoms with Crippen LogP contribution in [0, 0.1) is 5.92 Å². The smallest absolute Gasteiger partial charge is 0.230 e. The number of hydrogen-bond donors (Lipinski definition) is 0. The standard InChI is InChI=1S/C31H33NO/c1-3-13-28(21-20-24(2)25-14-7-4-8-15-25)31(33)32-29(26-16-9-5-10-17-26)22-23-30(32)27-18-11-6-12-19-27/h3-12,14-21,24,28-30H,1,13,22-23H2,2H3/b21-20-/t24-,28-,29+,30+/m1/s1. The Labute approximate surface area is 198 Å². The molecule has 2 nitrogen and oxygen atoms in total. The van der Waals surface area contributed by atoms with Crippen LogP contribution >= 0.6 is 0 Å². The summed E-state index contributed by atoms with van der Waals surface area (Å²) in [7, 11) is 0. The number of allylic oxidation sites excluding steroid dienone is 2. The Bertz CT molecular complexity index is 1010. The molecule has 1 saturated heterocycles. The van der Waals surface area contributed by atoms with Gasteiger partial charge in [-0.1, -0.05) is 116 Å². The maximum atomic E-state index is 14.1. The molecule has 3 aromatic rings. The molecule has 0 saturated carbocycles. The van der Waals surface area contributed by atoms with E-state index in [-0.39, 0.29) is 29.8 Å². The van der Waals surface area contributed by atoms with Gasteiger partial charge in [-0.05, 0) is 41.9 Å². The monoisotopic (exact) mass is 435 g/mol. The largest absolute Gasteiger partial charge is 0.328 e. The van der Waals surface area contributed by atoms with Crippen molar-refractivity contribution in [3.05, 3.63) is 132 Å². The van der Waals surface area contributed by atoms with Gasteiger partial charge in [0.15, 0.2) is 0 Å². The molecule has 1 heterocycles. The van der Waals surface area contributed by atoms with Gasteiger partial charge in [0, 0.05) is 0 Å². The first-order valence-corrected chi connectivity index (χ1v) is 11.9. The molecule has 1 aliphatic heterocycles. The minimum absolute atomic E-state index is 0.0937. The van der Waals surface area contributed by atoms with Gasteiger partial charge in [0.05, 0.1) is 18.0 Å². The third-order valence-electron chi connectivity index (χ3n) is 6.70. The molecular formula is C31H33NO. The van der Waals surface area contributed by atoms with E-state index in [1.807, 2.05) is 24.3 Å². The molecule has 4 rings (SSSR count). The van der Waals surface area contributed by atoms with E-state index in [1.54, 1.807) is 0 Å². The summed E-state index contributed by atoms with van der Waals surface area (Å²) in [5, 5.41) is 0. The number of rotatable bonds is 8. The second-order valence-corrected chi connectivity index (χ2v) is 8.89. The van der Waals surface area contributed by atoms with Gasteiger partial charge >= 0.3 is 0 Å². The zero-order chi connectivity index (χ0) is 23.0. The molecule has 0 unspecified atom stereocenters. The molecule has 1 amide bonds. The molecular weight excluding hydrogens is 402 g/mol. The normalized spacial score (nSPS) is 20.0. The van der Waals surface area contributed by atoms with Gasteiger partial charge in [-0.3, -0.25) is 4.79 Å². The lowest BCUT2D eigenvalue weighted by molar-refractivity contribution is -0.137.